The largest absolute Gasteiger partial charge is 0.480 e. The summed E-state index contributed by atoms with van der Waals surface area (Å²) in [5.41, 5.74) is -1.01. The van der Waals surface area contributed by atoms with Crippen LogP contribution in [-0.4, -0.2) is 28.0 Å². The van der Waals surface area contributed by atoms with Crippen molar-refractivity contribution < 1.29 is 27.9 Å². The number of nitrogens with one attached hydrogen (secondary N) is 1. The van der Waals surface area contributed by atoms with Crippen LogP contribution in [0.15, 0.2) is 48.8 Å². The molecular formula is C16H13F3N2O3. The van der Waals surface area contributed by atoms with Gasteiger partial charge in [0, 0.05) is 18.8 Å². The maximum Gasteiger partial charge on any atom is 0.416 e. The minimum Gasteiger partial charge on any atom is -0.480 e. The molecule has 1 aromatic carbocycles. The number of nitrogens with zero attached hydrogens (tertiary/aromatic N) is 1. The van der Waals surface area contributed by atoms with Gasteiger partial charge in [0.15, 0.2) is 0 Å². The first kappa shape index (κ1) is 17.5. The van der Waals surface area contributed by atoms with Crippen molar-refractivity contribution in [3.8, 4) is 0 Å². The lowest BCUT2D eigenvalue weighted by Gasteiger charge is -2.18. The molecule has 0 aliphatic heterocycles. The number of alkyl halides is 3. The molecule has 0 aliphatic rings. The Bertz CT molecular complexity index is 733. The molecule has 5 nitrogen and oxygen atoms in total. The van der Waals surface area contributed by atoms with Gasteiger partial charge in [0.1, 0.15) is 6.04 Å². The van der Waals surface area contributed by atoms with E-state index in [1.807, 2.05) is 0 Å². The Balaban J connectivity index is 2.22. The van der Waals surface area contributed by atoms with Crippen molar-refractivity contribution in [2.24, 2.45) is 0 Å². The third-order valence-electron chi connectivity index (χ3n) is 3.27. The zero-order chi connectivity index (χ0) is 17.7. The van der Waals surface area contributed by atoms with E-state index in [2.05, 4.69) is 10.3 Å². The third kappa shape index (κ3) is 4.31. The second-order valence-corrected chi connectivity index (χ2v) is 4.97. The van der Waals surface area contributed by atoms with Crippen molar-refractivity contribution in [2.45, 2.75) is 18.6 Å². The van der Waals surface area contributed by atoms with Crippen LogP contribution >= 0.6 is 0 Å². The molecule has 1 heterocycles. The molecule has 0 spiro atoms. The second-order valence-electron chi connectivity index (χ2n) is 4.97. The summed E-state index contributed by atoms with van der Waals surface area (Å²) in [6, 6.07) is 6.07. The molecule has 2 N–H and O–H groups in total. The molecule has 0 radical (unpaired) electrons. The summed E-state index contributed by atoms with van der Waals surface area (Å²) in [5.74, 6) is -2.15. The zero-order valence-corrected chi connectivity index (χ0v) is 12.2. The van der Waals surface area contributed by atoms with E-state index < -0.39 is 36.1 Å². The average Bonchev–Trinajstić information content (AvgIpc) is 2.54. The number of aromatic nitrogens is 1. The van der Waals surface area contributed by atoms with Crippen LogP contribution in [0.4, 0.5) is 13.2 Å². The van der Waals surface area contributed by atoms with Crippen LogP contribution in [0.5, 0.6) is 0 Å². The quantitative estimate of drug-likeness (QED) is 0.878. The van der Waals surface area contributed by atoms with Crippen molar-refractivity contribution in [3.05, 3.63) is 65.5 Å². The van der Waals surface area contributed by atoms with Gasteiger partial charge in [0.05, 0.1) is 11.1 Å². The minimum absolute atomic E-state index is 0.118. The van der Waals surface area contributed by atoms with Crippen molar-refractivity contribution in [2.75, 3.05) is 0 Å². The molecule has 24 heavy (non-hydrogen) atoms. The van der Waals surface area contributed by atoms with E-state index in [4.69, 9.17) is 0 Å². The molecular weight excluding hydrogens is 325 g/mol. The monoisotopic (exact) mass is 338 g/mol. The summed E-state index contributed by atoms with van der Waals surface area (Å²) in [4.78, 5) is 27.0. The van der Waals surface area contributed by atoms with Crippen molar-refractivity contribution in [3.63, 3.8) is 0 Å². The van der Waals surface area contributed by atoms with Crippen LogP contribution < -0.4 is 5.32 Å². The first-order valence-electron chi connectivity index (χ1n) is 6.88. The molecule has 0 unspecified atom stereocenters. The molecule has 2 aromatic rings. The summed E-state index contributed by atoms with van der Waals surface area (Å²) in [7, 11) is 0. The summed E-state index contributed by atoms with van der Waals surface area (Å²) >= 11 is 0. The number of rotatable bonds is 5. The van der Waals surface area contributed by atoms with Crippen molar-refractivity contribution in [1.29, 1.82) is 0 Å². The predicted octanol–water partition coefficient (Wildman–Crippen LogP) is 2.53. The smallest absolute Gasteiger partial charge is 0.416 e. The molecule has 0 saturated carbocycles. The number of hydrogen-bond donors (Lipinski definition) is 2. The van der Waals surface area contributed by atoms with Gasteiger partial charge < -0.3 is 10.4 Å². The third-order valence-corrected chi connectivity index (χ3v) is 3.27. The number of carboxylic acid groups (broad SMARTS) is 1. The number of amides is 1. The van der Waals surface area contributed by atoms with Crippen LogP contribution in [0.1, 0.15) is 21.5 Å². The Hall–Kier alpha value is -2.90. The van der Waals surface area contributed by atoms with Gasteiger partial charge in [0.25, 0.3) is 5.91 Å². The normalized spacial score (nSPS) is 12.5. The highest BCUT2D eigenvalue weighted by Gasteiger charge is 2.34. The standard InChI is InChI=1S/C16H13F3N2O3/c17-16(18,19)12-6-2-1-4-10(12)8-13(15(23)24)21-14(22)11-5-3-7-20-9-11/h1-7,9,13H,8H2,(H,21,22)(H,23,24)/t13-/m1/s1. The maximum absolute atomic E-state index is 13.0. The fourth-order valence-corrected chi connectivity index (χ4v) is 2.13. The lowest BCUT2D eigenvalue weighted by molar-refractivity contribution is -0.141. The van der Waals surface area contributed by atoms with Crippen LogP contribution in [0.2, 0.25) is 0 Å². The molecule has 0 saturated heterocycles. The summed E-state index contributed by atoms with van der Waals surface area (Å²) in [6.07, 6.45) is -2.42. The van der Waals surface area contributed by atoms with Crippen LogP contribution in [0, 0.1) is 0 Å². The molecule has 8 heteroatoms. The Morgan fingerprint density at radius 3 is 2.46 bits per heavy atom. The molecule has 126 valence electrons. The molecule has 0 aliphatic carbocycles. The lowest BCUT2D eigenvalue weighted by atomic mass is 9.99. The summed E-state index contributed by atoms with van der Waals surface area (Å²) in [6.45, 7) is 0. The molecule has 0 fully saturated rings. The Kier molecular flexibility index (Phi) is 5.18. The van der Waals surface area contributed by atoms with E-state index in [1.54, 1.807) is 0 Å². The van der Waals surface area contributed by atoms with E-state index in [0.717, 1.165) is 6.07 Å². The second kappa shape index (κ2) is 7.12. The van der Waals surface area contributed by atoms with Gasteiger partial charge in [-0.2, -0.15) is 13.2 Å². The van der Waals surface area contributed by atoms with Gasteiger partial charge in [-0.1, -0.05) is 18.2 Å². The van der Waals surface area contributed by atoms with Gasteiger partial charge in [-0.3, -0.25) is 9.78 Å². The highest BCUT2D eigenvalue weighted by molar-refractivity contribution is 5.96. The van der Waals surface area contributed by atoms with Gasteiger partial charge in [-0.25, -0.2) is 4.79 Å². The van der Waals surface area contributed by atoms with Gasteiger partial charge >= 0.3 is 12.1 Å². The first-order chi connectivity index (χ1) is 11.3. The molecule has 2 rings (SSSR count). The van der Waals surface area contributed by atoms with Gasteiger partial charge in [0.2, 0.25) is 0 Å². The number of carbonyl (C=O) groups is 2. The predicted molar refractivity (Wildman–Crippen MR) is 78.3 cm³/mol. The molecule has 0 bridgehead atoms. The zero-order valence-electron chi connectivity index (χ0n) is 12.2. The Labute approximate surface area is 135 Å². The van der Waals surface area contributed by atoms with E-state index in [1.165, 1.54) is 42.7 Å². The first-order valence-corrected chi connectivity index (χ1v) is 6.88. The van der Waals surface area contributed by atoms with Gasteiger partial charge in [-0.15, -0.1) is 0 Å². The Morgan fingerprint density at radius 2 is 1.88 bits per heavy atom. The number of carboxylic acids is 1. The van der Waals surface area contributed by atoms with E-state index in [9.17, 15) is 27.9 Å². The van der Waals surface area contributed by atoms with E-state index in [0.29, 0.717) is 0 Å². The molecule has 1 aromatic heterocycles. The molecule has 1 amide bonds. The van der Waals surface area contributed by atoms with E-state index in [-0.39, 0.29) is 11.1 Å². The van der Waals surface area contributed by atoms with Crippen molar-refractivity contribution in [1.82, 2.24) is 10.3 Å². The number of pyridine rings is 1. The highest BCUT2D eigenvalue weighted by Crippen LogP contribution is 2.32. The van der Waals surface area contributed by atoms with Crippen LogP contribution in [0.25, 0.3) is 0 Å². The number of halogens is 3. The summed E-state index contributed by atoms with van der Waals surface area (Å²) < 4.78 is 39.0. The Morgan fingerprint density at radius 1 is 1.17 bits per heavy atom. The lowest BCUT2D eigenvalue weighted by Crippen LogP contribution is -2.42. The fourth-order valence-electron chi connectivity index (χ4n) is 2.13. The number of aliphatic carboxylic acids is 1. The maximum atomic E-state index is 13.0. The number of hydrogen-bond acceptors (Lipinski definition) is 3. The van der Waals surface area contributed by atoms with Crippen LogP contribution in [0.3, 0.4) is 0 Å². The fraction of sp³-hybridized carbons (Fsp3) is 0.188. The van der Waals surface area contributed by atoms with E-state index >= 15 is 0 Å². The highest BCUT2D eigenvalue weighted by atomic mass is 19.4. The topological polar surface area (TPSA) is 79.3 Å². The number of benzene rings is 1. The van der Waals surface area contributed by atoms with Crippen LogP contribution in [-0.2, 0) is 17.4 Å². The minimum atomic E-state index is -4.60. The average molecular weight is 338 g/mol. The summed E-state index contributed by atoms with van der Waals surface area (Å²) in [5, 5.41) is 11.4. The van der Waals surface area contributed by atoms with Crippen molar-refractivity contribution >= 4 is 11.9 Å². The van der Waals surface area contributed by atoms with Gasteiger partial charge in [-0.05, 0) is 23.8 Å². The SMILES string of the molecule is O=C(N[C@H](Cc1ccccc1C(F)(F)F)C(=O)O)c1cccnc1. The number of carbonyl (C=O) groups excluding carboxylic acids is 1. The molecule has 1 atom stereocenters.